The molecule has 0 aliphatic carbocycles. The van der Waals surface area contributed by atoms with Crippen molar-refractivity contribution in [3.8, 4) is 5.75 Å². The van der Waals surface area contributed by atoms with Gasteiger partial charge in [0.15, 0.2) is 6.29 Å². The molecule has 0 aliphatic rings. The lowest BCUT2D eigenvalue weighted by atomic mass is 10.0. The third-order valence-electron chi connectivity index (χ3n) is 3.98. The molecule has 0 saturated carbocycles. The molecule has 0 fully saturated rings. The molecule has 0 N–H and O–H groups in total. The number of rotatable bonds is 14. The lowest BCUT2D eigenvalue weighted by Crippen LogP contribution is -2.33. The molecule has 6 heteroatoms. The molecule has 0 aliphatic heterocycles. The van der Waals surface area contributed by atoms with Crippen LogP contribution in [0.4, 0.5) is 0 Å². The summed E-state index contributed by atoms with van der Waals surface area (Å²) in [5.74, 6) is 0.600. The van der Waals surface area contributed by atoms with Crippen LogP contribution >= 0.6 is 0 Å². The molecule has 0 spiro atoms. The molecule has 0 amide bonds. The van der Waals surface area contributed by atoms with E-state index >= 15 is 0 Å². The second-order valence-corrected chi connectivity index (χ2v) is 5.82. The molecule has 25 heavy (non-hydrogen) atoms. The third kappa shape index (κ3) is 6.97. The largest absolute Gasteiger partial charge is 0.493 e. The van der Waals surface area contributed by atoms with Crippen LogP contribution in [-0.4, -0.2) is 49.7 Å². The zero-order valence-corrected chi connectivity index (χ0v) is 14.6. The maximum atomic E-state index is 11.4. The van der Waals surface area contributed by atoms with E-state index in [0.717, 1.165) is 38.0 Å². The highest BCUT2D eigenvalue weighted by Crippen LogP contribution is 2.24. The first-order valence-electron chi connectivity index (χ1n) is 8.40. The number of carbonyl (C=O) groups is 4. The quantitative estimate of drug-likeness (QED) is 0.379. The summed E-state index contributed by atoms with van der Waals surface area (Å²) in [6, 6.07) is 4.84. The van der Waals surface area contributed by atoms with Crippen molar-refractivity contribution < 1.29 is 23.9 Å². The first-order chi connectivity index (χ1) is 12.2. The van der Waals surface area contributed by atoms with Crippen molar-refractivity contribution in [3.05, 3.63) is 29.3 Å². The average Bonchev–Trinajstić information content (AvgIpc) is 2.63. The Labute approximate surface area is 148 Å². The van der Waals surface area contributed by atoms with Gasteiger partial charge in [0, 0.05) is 30.5 Å². The van der Waals surface area contributed by atoms with Gasteiger partial charge in [-0.15, -0.1) is 0 Å². The fraction of sp³-hybridized carbons (Fsp3) is 0.474. The maximum Gasteiger partial charge on any atom is 0.150 e. The van der Waals surface area contributed by atoms with Crippen molar-refractivity contribution in [1.29, 1.82) is 0 Å². The van der Waals surface area contributed by atoms with Crippen LogP contribution in [0.3, 0.4) is 0 Å². The number of hydrogen-bond acceptors (Lipinski definition) is 6. The highest BCUT2D eigenvalue weighted by Gasteiger charge is 2.18. The molecule has 6 nitrogen and oxygen atoms in total. The Kier molecular flexibility index (Phi) is 10.0. The molecule has 0 saturated heterocycles. The standard InChI is InChI=1S/C19H25NO5/c1-20(17(15-24)8-6-11-22)13-18-16(14-23)7-5-9-19(18)25-12-4-2-3-10-21/h5,7,9-11,14-15,17H,2-4,6,8,12-13H2,1H3. The molecule has 1 rings (SSSR count). The van der Waals surface area contributed by atoms with E-state index in [1.54, 1.807) is 30.1 Å². The fourth-order valence-electron chi connectivity index (χ4n) is 2.51. The second-order valence-electron chi connectivity index (χ2n) is 5.82. The van der Waals surface area contributed by atoms with E-state index in [0.29, 0.717) is 49.3 Å². The first-order valence-corrected chi connectivity index (χ1v) is 8.40. The molecule has 1 unspecified atom stereocenters. The van der Waals surface area contributed by atoms with E-state index in [1.807, 2.05) is 0 Å². The van der Waals surface area contributed by atoms with E-state index in [2.05, 4.69) is 0 Å². The predicted octanol–water partition coefficient (Wildman–Crippen LogP) is 2.23. The Morgan fingerprint density at radius 1 is 1.08 bits per heavy atom. The van der Waals surface area contributed by atoms with Crippen LogP contribution in [0, 0.1) is 0 Å². The van der Waals surface area contributed by atoms with Crippen LogP contribution in [0.5, 0.6) is 5.75 Å². The van der Waals surface area contributed by atoms with Crippen LogP contribution in [0.1, 0.15) is 48.0 Å². The minimum Gasteiger partial charge on any atom is -0.493 e. The number of aldehydes is 4. The van der Waals surface area contributed by atoms with Crippen molar-refractivity contribution in [2.45, 2.75) is 44.7 Å². The minimum atomic E-state index is -0.398. The molecular weight excluding hydrogens is 322 g/mol. The van der Waals surface area contributed by atoms with Gasteiger partial charge in [0.2, 0.25) is 0 Å². The lowest BCUT2D eigenvalue weighted by Gasteiger charge is -2.25. The minimum absolute atomic E-state index is 0.309. The number of likely N-dealkylation sites (N-methyl/N-ethyl adjacent to an activating group) is 1. The molecule has 0 heterocycles. The highest BCUT2D eigenvalue weighted by atomic mass is 16.5. The van der Waals surface area contributed by atoms with Crippen LogP contribution in [0.2, 0.25) is 0 Å². The summed E-state index contributed by atoms with van der Waals surface area (Å²) in [5, 5.41) is 0. The summed E-state index contributed by atoms with van der Waals surface area (Å²) in [6.45, 7) is 0.815. The third-order valence-corrected chi connectivity index (χ3v) is 3.98. The first kappa shape index (κ1) is 20.7. The summed E-state index contributed by atoms with van der Waals surface area (Å²) >= 11 is 0. The van der Waals surface area contributed by atoms with Crippen LogP contribution in [-0.2, 0) is 20.9 Å². The van der Waals surface area contributed by atoms with Crippen molar-refractivity contribution in [2.75, 3.05) is 13.7 Å². The summed E-state index contributed by atoms with van der Waals surface area (Å²) in [5.41, 5.74) is 1.23. The van der Waals surface area contributed by atoms with Gasteiger partial charge < -0.3 is 19.1 Å². The number of carbonyl (C=O) groups excluding carboxylic acids is 4. The summed E-state index contributed by atoms with van der Waals surface area (Å²) in [7, 11) is 1.78. The fourth-order valence-corrected chi connectivity index (χ4v) is 2.51. The monoisotopic (exact) mass is 347 g/mol. The molecule has 0 aromatic heterocycles. The van der Waals surface area contributed by atoms with Crippen molar-refractivity contribution in [3.63, 3.8) is 0 Å². The number of nitrogens with zero attached hydrogens (tertiary/aromatic N) is 1. The van der Waals surface area contributed by atoms with E-state index in [1.165, 1.54) is 0 Å². The van der Waals surface area contributed by atoms with E-state index in [-0.39, 0.29) is 0 Å². The van der Waals surface area contributed by atoms with Gasteiger partial charge in [0.05, 0.1) is 12.6 Å². The predicted molar refractivity (Wildman–Crippen MR) is 93.9 cm³/mol. The Morgan fingerprint density at radius 2 is 1.84 bits per heavy atom. The van der Waals surface area contributed by atoms with Crippen molar-refractivity contribution in [2.24, 2.45) is 0 Å². The van der Waals surface area contributed by atoms with Gasteiger partial charge in [-0.1, -0.05) is 12.1 Å². The average molecular weight is 347 g/mol. The maximum absolute atomic E-state index is 11.4. The normalized spacial score (nSPS) is 11.8. The Bertz CT molecular complexity index is 573. The lowest BCUT2D eigenvalue weighted by molar-refractivity contribution is -0.113. The molecule has 1 aromatic carbocycles. The second kappa shape index (κ2) is 12.1. The van der Waals surface area contributed by atoms with Crippen molar-refractivity contribution in [1.82, 2.24) is 4.90 Å². The summed E-state index contributed by atoms with van der Waals surface area (Å²) in [6.07, 6.45) is 6.00. The summed E-state index contributed by atoms with van der Waals surface area (Å²) < 4.78 is 5.78. The smallest absolute Gasteiger partial charge is 0.150 e. The van der Waals surface area contributed by atoms with E-state index in [4.69, 9.17) is 4.74 Å². The Hall–Kier alpha value is -2.34. The number of unbranched alkanes of at least 4 members (excludes halogenated alkanes) is 2. The van der Waals surface area contributed by atoms with Gasteiger partial charge in [0.1, 0.15) is 24.6 Å². The number of benzene rings is 1. The van der Waals surface area contributed by atoms with E-state index in [9.17, 15) is 19.2 Å². The van der Waals surface area contributed by atoms with Crippen LogP contribution < -0.4 is 4.74 Å². The van der Waals surface area contributed by atoms with Crippen molar-refractivity contribution >= 4 is 25.1 Å². The molecule has 1 aromatic rings. The molecule has 0 bridgehead atoms. The number of hydrogen-bond donors (Lipinski definition) is 0. The van der Waals surface area contributed by atoms with Crippen LogP contribution in [0.15, 0.2) is 18.2 Å². The van der Waals surface area contributed by atoms with Gasteiger partial charge in [-0.2, -0.15) is 0 Å². The van der Waals surface area contributed by atoms with Crippen LogP contribution in [0.25, 0.3) is 0 Å². The summed E-state index contributed by atoms with van der Waals surface area (Å²) in [4.78, 5) is 45.3. The highest BCUT2D eigenvalue weighted by molar-refractivity contribution is 5.78. The SMILES string of the molecule is CN(Cc1c(C=O)cccc1OCCCCC=O)C(C=O)CCC=O. The zero-order chi connectivity index (χ0) is 18.5. The molecular formula is C19H25NO5. The molecule has 0 radical (unpaired) electrons. The van der Waals surface area contributed by atoms with Gasteiger partial charge in [0.25, 0.3) is 0 Å². The molecule has 136 valence electrons. The Morgan fingerprint density at radius 3 is 2.48 bits per heavy atom. The number of ether oxygens (including phenoxy) is 1. The van der Waals surface area contributed by atoms with E-state index < -0.39 is 6.04 Å². The zero-order valence-electron chi connectivity index (χ0n) is 14.6. The Balaban J connectivity index is 2.83. The van der Waals surface area contributed by atoms with Gasteiger partial charge in [-0.3, -0.25) is 9.69 Å². The molecule has 1 atom stereocenters. The van der Waals surface area contributed by atoms with Gasteiger partial charge >= 0.3 is 0 Å². The van der Waals surface area contributed by atoms with Gasteiger partial charge in [-0.05, 0) is 32.4 Å². The van der Waals surface area contributed by atoms with Gasteiger partial charge in [-0.25, -0.2) is 0 Å². The topological polar surface area (TPSA) is 80.8 Å².